The highest BCUT2D eigenvalue weighted by Crippen LogP contribution is 2.55. The highest BCUT2D eigenvalue weighted by atomic mass is 16.5. The minimum Gasteiger partial charge on any atom is -0.396 e. The second-order valence-electron chi connectivity index (χ2n) is 8.27. The molecule has 4 N–H and O–H groups in total. The SMILES string of the molecule is COC12C(CO)C3=C(C(=O)C(C)=C(Nc4ccc5[nH]ncc5c4)C3=O)N1CC1NC12. The minimum absolute atomic E-state index is 0.00827. The van der Waals surface area contributed by atoms with Gasteiger partial charge in [-0.05, 0) is 25.1 Å². The molecule has 4 unspecified atom stereocenters. The fourth-order valence-corrected chi connectivity index (χ4v) is 5.46. The van der Waals surface area contributed by atoms with E-state index in [4.69, 9.17) is 4.74 Å². The first kappa shape index (κ1) is 17.8. The zero-order valence-corrected chi connectivity index (χ0v) is 16.5. The molecule has 1 aromatic carbocycles. The van der Waals surface area contributed by atoms with E-state index in [9.17, 15) is 14.7 Å². The number of hydrogen-bond donors (Lipinski definition) is 4. The fourth-order valence-electron chi connectivity index (χ4n) is 5.46. The zero-order valence-electron chi connectivity index (χ0n) is 16.5. The van der Waals surface area contributed by atoms with E-state index in [0.29, 0.717) is 29.1 Å². The Hall–Kier alpha value is -3.01. The molecule has 0 spiro atoms. The van der Waals surface area contributed by atoms with Gasteiger partial charge in [0.15, 0.2) is 5.72 Å². The van der Waals surface area contributed by atoms with Crippen LogP contribution < -0.4 is 10.6 Å². The van der Waals surface area contributed by atoms with Gasteiger partial charge in [-0.2, -0.15) is 5.10 Å². The maximum absolute atomic E-state index is 13.6. The largest absolute Gasteiger partial charge is 0.396 e. The Morgan fingerprint density at radius 1 is 1.37 bits per heavy atom. The Balaban J connectivity index is 1.42. The van der Waals surface area contributed by atoms with Crippen LogP contribution in [0.2, 0.25) is 0 Å². The van der Waals surface area contributed by atoms with Crippen LogP contribution in [0.15, 0.2) is 46.9 Å². The Labute approximate surface area is 171 Å². The number of carbonyl (C=O) groups excluding carboxylic acids is 2. The van der Waals surface area contributed by atoms with Crippen molar-refractivity contribution in [2.24, 2.45) is 5.92 Å². The maximum atomic E-state index is 13.6. The molecule has 4 atom stereocenters. The fraction of sp³-hybridized carbons (Fsp3) is 0.381. The number of ketones is 2. The molecular weight excluding hydrogens is 386 g/mol. The third-order valence-corrected chi connectivity index (χ3v) is 6.93. The van der Waals surface area contributed by atoms with Crippen molar-refractivity contribution in [1.29, 1.82) is 0 Å². The molecule has 0 saturated carbocycles. The van der Waals surface area contributed by atoms with E-state index in [0.717, 1.165) is 10.9 Å². The number of H-pyrrole nitrogens is 1. The molecule has 9 nitrogen and oxygen atoms in total. The van der Waals surface area contributed by atoms with Crippen LogP contribution in [0.3, 0.4) is 0 Å². The first-order valence-corrected chi connectivity index (χ1v) is 9.95. The highest BCUT2D eigenvalue weighted by Gasteiger charge is 2.72. The summed E-state index contributed by atoms with van der Waals surface area (Å²) >= 11 is 0. The smallest absolute Gasteiger partial charge is 0.208 e. The molecule has 0 bridgehead atoms. The summed E-state index contributed by atoms with van der Waals surface area (Å²) in [6.07, 6.45) is 1.70. The van der Waals surface area contributed by atoms with E-state index in [-0.39, 0.29) is 36.0 Å². The minimum atomic E-state index is -0.902. The predicted molar refractivity (Wildman–Crippen MR) is 107 cm³/mol. The van der Waals surface area contributed by atoms with E-state index in [2.05, 4.69) is 20.8 Å². The molecule has 30 heavy (non-hydrogen) atoms. The molecule has 4 aliphatic rings. The number of anilines is 1. The van der Waals surface area contributed by atoms with Crippen molar-refractivity contribution in [2.75, 3.05) is 25.6 Å². The van der Waals surface area contributed by atoms with Crippen LogP contribution in [0, 0.1) is 5.92 Å². The molecule has 6 rings (SSSR count). The molecule has 0 amide bonds. The Morgan fingerprint density at radius 3 is 2.97 bits per heavy atom. The number of aromatic amines is 1. The first-order valence-electron chi connectivity index (χ1n) is 9.95. The second kappa shape index (κ2) is 5.78. The van der Waals surface area contributed by atoms with Crippen molar-refractivity contribution in [3.8, 4) is 0 Å². The van der Waals surface area contributed by atoms with Gasteiger partial charge in [0.25, 0.3) is 0 Å². The lowest BCUT2D eigenvalue weighted by Gasteiger charge is -2.39. The lowest BCUT2D eigenvalue weighted by molar-refractivity contribution is -0.137. The number of piperazine rings is 1. The molecular formula is C21H21N5O4. The number of allylic oxidation sites excluding steroid dienone is 2. The van der Waals surface area contributed by atoms with Gasteiger partial charge in [0, 0.05) is 41.9 Å². The van der Waals surface area contributed by atoms with Gasteiger partial charge in [0.05, 0.1) is 41.7 Å². The third-order valence-electron chi connectivity index (χ3n) is 6.93. The number of Topliss-reactive ketones (excluding diaryl/α,β-unsaturated/α-hetero) is 2. The van der Waals surface area contributed by atoms with Crippen LogP contribution in [0.25, 0.3) is 10.9 Å². The average Bonchev–Trinajstić information content (AvgIpc) is 3.12. The molecule has 154 valence electrons. The van der Waals surface area contributed by atoms with Gasteiger partial charge in [0.1, 0.15) is 0 Å². The van der Waals surface area contributed by atoms with E-state index in [1.165, 1.54) is 0 Å². The number of fused-ring (bicyclic) bond motifs is 5. The summed E-state index contributed by atoms with van der Waals surface area (Å²) in [5.74, 6) is -1.06. The summed E-state index contributed by atoms with van der Waals surface area (Å²) in [4.78, 5) is 28.9. The summed E-state index contributed by atoms with van der Waals surface area (Å²) in [5, 5.41) is 24.5. The second-order valence-corrected chi connectivity index (χ2v) is 8.27. The van der Waals surface area contributed by atoms with Crippen LogP contribution in [0.1, 0.15) is 6.92 Å². The number of methoxy groups -OCH3 is 1. The maximum Gasteiger partial charge on any atom is 0.208 e. The Bertz CT molecular complexity index is 1200. The predicted octanol–water partition coefficient (Wildman–Crippen LogP) is 0.275. The number of nitrogens with zero attached hydrogens (tertiary/aromatic N) is 2. The van der Waals surface area contributed by atoms with Gasteiger partial charge in [-0.1, -0.05) is 0 Å². The van der Waals surface area contributed by atoms with Gasteiger partial charge < -0.3 is 25.4 Å². The number of carbonyl (C=O) groups is 2. The molecule has 1 aromatic heterocycles. The van der Waals surface area contributed by atoms with Crippen molar-refractivity contribution >= 4 is 28.2 Å². The number of aliphatic hydroxyl groups excluding tert-OH is 1. The molecule has 3 aliphatic heterocycles. The standard InChI is InChI=1S/C21H21N5O4/c1-9-16(23-11-3-4-13-10(5-11)6-22-25-13)19(29)15-12(8-27)21(30-2)20-14(24-20)7-26(21)17(15)18(9)28/h3-6,12,14,20,23-24,27H,7-8H2,1-2H3,(H,22,25). The lowest BCUT2D eigenvalue weighted by Crippen LogP contribution is -2.54. The van der Waals surface area contributed by atoms with E-state index in [1.54, 1.807) is 20.2 Å². The summed E-state index contributed by atoms with van der Waals surface area (Å²) in [6.45, 7) is 1.97. The summed E-state index contributed by atoms with van der Waals surface area (Å²) in [5.41, 5.74) is 1.99. The average molecular weight is 407 g/mol. The molecule has 4 heterocycles. The van der Waals surface area contributed by atoms with Crippen molar-refractivity contribution < 1.29 is 19.4 Å². The summed E-state index contributed by atoms with van der Waals surface area (Å²) in [7, 11) is 1.57. The summed E-state index contributed by atoms with van der Waals surface area (Å²) in [6, 6.07) is 5.76. The van der Waals surface area contributed by atoms with E-state index >= 15 is 0 Å². The van der Waals surface area contributed by atoms with Crippen molar-refractivity contribution in [3.05, 3.63) is 46.9 Å². The Morgan fingerprint density at radius 2 is 2.20 bits per heavy atom. The Kier molecular flexibility index (Phi) is 3.43. The van der Waals surface area contributed by atoms with Crippen molar-refractivity contribution in [1.82, 2.24) is 20.4 Å². The number of aliphatic hydroxyl groups is 1. The van der Waals surface area contributed by atoms with Gasteiger partial charge in [-0.3, -0.25) is 14.7 Å². The van der Waals surface area contributed by atoms with E-state index in [1.807, 2.05) is 23.1 Å². The van der Waals surface area contributed by atoms with Gasteiger partial charge in [-0.15, -0.1) is 0 Å². The molecule has 0 radical (unpaired) electrons. The van der Waals surface area contributed by atoms with Gasteiger partial charge in [0.2, 0.25) is 11.6 Å². The highest BCUT2D eigenvalue weighted by molar-refractivity contribution is 6.26. The van der Waals surface area contributed by atoms with Gasteiger partial charge in [-0.25, -0.2) is 0 Å². The number of ether oxygens (including phenoxy) is 1. The number of nitrogens with one attached hydrogen (secondary N) is 3. The lowest BCUT2D eigenvalue weighted by atomic mass is 9.82. The first-order chi connectivity index (χ1) is 14.5. The van der Waals surface area contributed by atoms with Crippen LogP contribution >= 0.6 is 0 Å². The topological polar surface area (TPSA) is 129 Å². The number of hydrogen-bond acceptors (Lipinski definition) is 8. The normalized spacial score (nSPS) is 32.1. The quantitative estimate of drug-likeness (QED) is 0.420. The van der Waals surface area contributed by atoms with Crippen LogP contribution in [0.5, 0.6) is 0 Å². The summed E-state index contributed by atoms with van der Waals surface area (Å²) < 4.78 is 5.90. The number of benzene rings is 1. The van der Waals surface area contributed by atoms with E-state index < -0.39 is 11.6 Å². The molecule has 2 fully saturated rings. The number of rotatable bonds is 4. The number of aromatic nitrogens is 2. The molecule has 9 heteroatoms. The van der Waals surface area contributed by atoms with Crippen LogP contribution in [-0.4, -0.2) is 69.8 Å². The zero-order chi connectivity index (χ0) is 20.8. The van der Waals surface area contributed by atoms with Crippen LogP contribution in [-0.2, 0) is 14.3 Å². The van der Waals surface area contributed by atoms with Crippen molar-refractivity contribution in [2.45, 2.75) is 24.7 Å². The monoisotopic (exact) mass is 407 g/mol. The molecule has 2 saturated heterocycles. The molecule has 2 aromatic rings. The molecule has 1 aliphatic carbocycles. The van der Waals surface area contributed by atoms with Crippen LogP contribution in [0.4, 0.5) is 5.69 Å². The van der Waals surface area contributed by atoms with Crippen molar-refractivity contribution in [3.63, 3.8) is 0 Å². The third kappa shape index (κ3) is 1.99. The van der Waals surface area contributed by atoms with Gasteiger partial charge >= 0.3 is 0 Å².